The summed E-state index contributed by atoms with van der Waals surface area (Å²) in [6.45, 7) is 8.04. The molecule has 0 bridgehead atoms. The van der Waals surface area contributed by atoms with E-state index in [1.807, 2.05) is 52.1 Å². The molecule has 18 heavy (non-hydrogen) atoms. The standard InChI is InChI=1S/C15H24N2O/c1-6-15(3,4)14(18)17-13-10-8-7-9-12(13)11(2)16-5/h7-11,16H,6H2,1-5H3,(H,17,18). The molecule has 1 amide bonds. The van der Waals surface area contributed by atoms with E-state index in [-0.39, 0.29) is 17.4 Å². The maximum Gasteiger partial charge on any atom is 0.230 e. The second-order valence-corrected chi connectivity index (χ2v) is 5.29. The highest BCUT2D eigenvalue weighted by Gasteiger charge is 2.26. The van der Waals surface area contributed by atoms with Crippen LogP contribution in [0.4, 0.5) is 5.69 Å². The van der Waals surface area contributed by atoms with E-state index in [1.54, 1.807) is 0 Å². The van der Waals surface area contributed by atoms with E-state index in [0.717, 1.165) is 17.7 Å². The molecule has 3 heteroatoms. The zero-order valence-corrected chi connectivity index (χ0v) is 12.0. The van der Waals surface area contributed by atoms with Crippen LogP contribution in [-0.2, 0) is 4.79 Å². The smallest absolute Gasteiger partial charge is 0.230 e. The van der Waals surface area contributed by atoms with Crippen LogP contribution in [0.5, 0.6) is 0 Å². The average Bonchev–Trinajstić information content (AvgIpc) is 2.38. The van der Waals surface area contributed by atoms with Crippen LogP contribution < -0.4 is 10.6 Å². The minimum absolute atomic E-state index is 0.0701. The maximum absolute atomic E-state index is 12.2. The fraction of sp³-hybridized carbons (Fsp3) is 0.533. The van der Waals surface area contributed by atoms with Crippen molar-refractivity contribution in [2.24, 2.45) is 5.41 Å². The van der Waals surface area contributed by atoms with Gasteiger partial charge < -0.3 is 10.6 Å². The number of hydrogen-bond acceptors (Lipinski definition) is 2. The third-order valence-corrected chi connectivity index (χ3v) is 3.61. The monoisotopic (exact) mass is 248 g/mol. The van der Waals surface area contributed by atoms with Gasteiger partial charge in [0, 0.05) is 17.1 Å². The minimum Gasteiger partial charge on any atom is -0.325 e. The van der Waals surface area contributed by atoms with E-state index in [1.165, 1.54) is 0 Å². The van der Waals surface area contributed by atoms with Crippen molar-refractivity contribution in [2.75, 3.05) is 12.4 Å². The van der Waals surface area contributed by atoms with Gasteiger partial charge in [0.15, 0.2) is 0 Å². The van der Waals surface area contributed by atoms with Crippen molar-refractivity contribution in [1.29, 1.82) is 0 Å². The Bertz CT molecular complexity index is 413. The summed E-state index contributed by atoms with van der Waals surface area (Å²) in [5.74, 6) is 0.0701. The molecule has 0 spiro atoms. The Balaban J connectivity index is 2.95. The third kappa shape index (κ3) is 3.33. The Hall–Kier alpha value is -1.35. The molecule has 0 heterocycles. The van der Waals surface area contributed by atoms with E-state index in [9.17, 15) is 4.79 Å². The molecule has 0 radical (unpaired) electrons. The van der Waals surface area contributed by atoms with Crippen LogP contribution in [0.1, 0.15) is 45.7 Å². The molecule has 2 N–H and O–H groups in total. The molecule has 100 valence electrons. The van der Waals surface area contributed by atoms with Crippen LogP contribution in [0.25, 0.3) is 0 Å². The number of rotatable bonds is 5. The molecule has 1 atom stereocenters. The molecule has 0 aliphatic heterocycles. The first-order valence-corrected chi connectivity index (χ1v) is 6.50. The average molecular weight is 248 g/mol. The number of carbonyl (C=O) groups excluding carboxylic acids is 1. The van der Waals surface area contributed by atoms with Gasteiger partial charge in [0.05, 0.1) is 0 Å². The lowest BCUT2D eigenvalue weighted by molar-refractivity contribution is -0.124. The number of para-hydroxylation sites is 1. The quantitative estimate of drug-likeness (QED) is 0.839. The third-order valence-electron chi connectivity index (χ3n) is 3.61. The summed E-state index contributed by atoms with van der Waals surface area (Å²) >= 11 is 0. The van der Waals surface area contributed by atoms with E-state index in [2.05, 4.69) is 17.6 Å². The summed E-state index contributed by atoms with van der Waals surface area (Å²) < 4.78 is 0. The second-order valence-electron chi connectivity index (χ2n) is 5.29. The number of anilines is 1. The van der Waals surface area contributed by atoms with Crippen LogP contribution in [0.15, 0.2) is 24.3 Å². The largest absolute Gasteiger partial charge is 0.325 e. The lowest BCUT2D eigenvalue weighted by Gasteiger charge is -2.23. The van der Waals surface area contributed by atoms with Crippen LogP contribution in [0.2, 0.25) is 0 Å². The van der Waals surface area contributed by atoms with E-state index in [4.69, 9.17) is 0 Å². The van der Waals surface area contributed by atoms with Gasteiger partial charge in [0.2, 0.25) is 5.91 Å². The molecule has 0 fully saturated rings. The molecule has 0 aliphatic carbocycles. The summed E-state index contributed by atoms with van der Waals surface area (Å²) in [7, 11) is 1.92. The fourth-order valence-corrected chi connectivity index (χ4v) is 1.60. The van der Waals surface area contributed by atoms with Crippen molar-refractivity contribution in [3.8, 4) is 0 Å². The number of benzene rings is 1. The van der Waals surface area contributed by atoms with E-state index in [0.29, 0.717) is 0 Å². The Morgan fingerprint density at radius 2 is 1.94 bits per heavy atom. The first-order valence-electron chi connectivity index (χ1n) is 6.50. The van der Waals surface area contributed by atoms with Crippen molar-refractivity contribution in [1.82, 2.24) is 5.32 Å². The van der Waals surface area contributed by atoms with Crippen LogP contribution in [-0.4, -0.2) is 13.0 Å². The molecule has 3 nitrogen and oxygen atoms in total. The molecule has 1 rings (SSSR count). The minimum atomic E-state index is -0.337. The van der Waals surface area contributed by atoms with E-state index >= 15 is 0 Å². The topological polar surface area (TPSA) is 41.1 Å². The van der Waals surface area contributed by atoms with Crippen molar-refractivity contribution < 1.29 is 4.79 Å². The highest BCUT2D eigenvalue weighted by Crippen LogP contribution is 2.26. The maximum atomic E-state index is 12.2. The van der Waals surface area contributed by atoms with Gasteiger partial charge in [-0.1, -0.05) is 39.0 Å². The molecular formula is C15H24N2O. The molecule has 1 aromatic carbocycles. The van der Waals surface area contributed by atoms with Crippen molar-refractivity contribution in [3.05, 3.63) is 29.8 Å². The Labute approximate surface area is 110 Å². The van der Waals surface area contributed by atoms with Gasteiger partial charge in [0.1, 0.15) is 0 Å². The van der Waals surface area contributed by atoms with Gasteiger partial charge in [-0.2, -0.15) is 0 Å². The summed E-state index contributed by atoms with van der Waals surface area (Å²) in [4.78, 5) is 12.2. The van der Waals surface area contributed by atoms with Gasteiger partial charge in [-0.05, 0) is 32.0 Å². The Morgan fingerprint density at radius 3 is 2.50 bits per heavy atom. The Kier molecular flexibility index (Phi) is 4.91. The van der Waals surface area contributed by atoms with Gasteiger partial charge >= 0.3 is 0 Å². The van der Waals surface area contributed by atoms with Gasteiger partial charge in [0.25, 0.3) is 0 Å². The molecule has 0 saturated carbocycles. The zero-order chi connectivity index (χ0) is 13.8. The summed E-state index contributed by atoms with van der Waals surface area (Å²) in [5.41, 5.74) is 1.67. The van der Waals surface area contributed by atoms with Crippen molar-refractivity contribution >= 4 is 11.6 Å². The van der Waals surface area contributed by atoms with E-state index < -0.39 is 0 Å². The highest BCUT2D eigenvalue weighted by molar-refractivity contribution is 5.95. The fourth-order valence-electron chi connectivity index (χ4n) is 1.60. The number of amides is 1. The SMILES string of the molecule is CCC(C)(C)C(=O)Nc1ccccc1C(C)NC. The van der Waals surface area contributed by atoms with Crippen LogP contribution in [0, 0.1) is 5.41 Å². The summed E-state index contributed by atoms with van der Waals surface area (Å²) in [5, 5.41) is 6.23. The molecule has 0 aliphatic rings. The molecule has 0 saturated heterocycles. The molecule has 1 unspecified atom stereocenters. The number of hydrogen-bond donors (Lipinski definition) is 2. The van der Waals surface area contributed by atoms with Gasteiger partial charge in [-0.15, -0.1) is 0 Å². The summed E-state index contributed by atoms with van der Waals surface area (Å²) in [6.07, 6.45) is 0.822. The first kappa shape index (κ1) is 14.7. The predicted molar refractivity (Wildman–Crippen MR) is 76.6 cm³/mol. The van der Waals surface area contributed by atoms with Gasteiger partial charge in [-0.3, -0.25) is 4.79 Å². The molecule has 1 aromatic rings. The predicted octanol–water partition coefficient (Wildman–Crippen LogP) is 3.34. The second kappa shape index (κ2) is 6.01. The lowest BCUT2D eigenvalue weighted by atomic mass is 9.89. The first-order chi connectivity index (χ1) is 8.42. The normalized spacial score (nSPS) is 13.2. The molecule has 0 aromatic heterocycles. The van der Waals surface area contributed by atoms with Crippen molar-refractivity contribution in [2.45, 2.75) is 40.2 Å². The molecular weight excluding hydrogens is 224 g/mol. The van der Waals surface area contributed by atoms with Crippen molar-refractivity contribution in [3.63, 3.8) is 0 Å². The summed E-state index contributed by atoms with van der Waals surface area (Å²) in [6, 6.07) is 8.14. The number of nitrogens with one attached hydrogen (secondary N) is 2. The van der Waals surface area contributed by atoms with Crippen LogP contribution >= 0.6 is 0 Å². The zero-order valence-electron chi connectivity index (χ0n) is 12.0. The lowest BCUT2D eigenvalue weighted by Crippen LogP contribution is -2.30. The highest BCUT2D eigenvalue weighted by atomic mass is 16.2. The van der Waals surface area contributed by atoms with Gasteiger partial charge in [-0.25, -0.2) is 0 Å². The van der Waals surface area contributed by atoms with Crippen LogP contribution in [0.3, 0.4) is 0 Å². The number of carbonyl (C=O) groups is 1. The Morgan fingerprint density at radius 1 is 1.33 bits per heavy atom.